The molecular formula is C16H27NO. The SMILES string of the molecule is CC(NCC1CCCC1CO)C1CC2C=CC1C2. The average molecular weight is 249 g/mol. The molecule has 0 heterocycles. The highest BCUT2D eigenvalue weighted by Gasteiger charge is 2.38. The molecule has 0 saturated heterocycles. The lowest BCUT2D eigenvalue weighted by molar-refractivity contribution is 0.186. The van der Waals surface area contributed by atoms with Crippen LogP contribution in [-0.2, 0) is 0 Å². The number of hydrogen-bond acceptors (Lipinski definition) is 2. The van der Waals surface area contributed by atoms with Crippen LogP contribution < -0.4 is 5.32 Å². The van der Waals surface area contributed by atoms with Gasteiger partial charge in [-0.3, -0.25) is 0 Å². The zero-order valence-electron chi connectivity index (χ0n) is 11.5. The van der Waals surface area contributed by atoms with Crippen LogP contribution in [0.15, 0.2) is 12.2 Å². The van der Waals surface area contributed by atoms with Crippen LogP contribution in [0, 0.1) is 29.6 Å². The molecule has 0 amide bonds. The monoisotopic (exact) mass is 249 g/mol. The summed E-state index contributed by atoms with van der Waals surface area (Å²) in [5.74, 6) is 3.85. The maximum Gasteiger partial charge on any atom is 0.0462 e. The molecule has 2 fully saturated rings. The number of nitrogens with one attached hydrogen (secondary N) is 1. The Hall–Kier alpha value is -0.340. The molecule has 3 rings (SSSR count). The van der Waals surface area contributed by atoms with Crippen molar-refractivity contribution in [1.29, 1.82) is 0 Å². The minimum Gasteiger partial charge on any atom is -0.396 e. The van der Waals surface area contributed by atoms with Gasteiger partial charge >= 0.3 is 0 Å². The van der Waals surface area contributed by atoms with E-state index in [2.05, 4.69) is 24.4 Å². The van der Waals surface area contributed by atoms with E-state index in [1.165, 1.54) is 32.1 Å². The first-order valence-corrected chi connectivity index (χ1v) is 7.80. The summed E-state index contributed by atoms with van der Waals surface area (Å²) in [7, 11) is 0. The number of hydrogen-bond donors (Lipinski definition) is 2. The van der Waals surface area contributed by atoms with Crippen LogP contribution in [0.2, 0.25) is 0 Å². The third kappa shape index (κ3) is 2.37. The molecule has 2 nitrogen and oxygen atoms in total. The van der Waals surface area contributed by atoms with Crippen molar-refractivity contribution in [2.24, 2.45) is 29.6 Å². The summed E-state index contributed by atoms with van der Waals surface area (Å²) in [6.45, 7) is 3.86. The number of aliphatic hydroxyl groups excluding tert-OH is 1. The van der Waals surface area contributed by atoms with Gasteiger partial charge in [-0.25, -0.2) is 0 Å². The molecule has 2 N–H and O–H groups in total. The molecule has 18 heavy (non-hydrogen) atoms. The number of allylic oxidation sites excluding steroid dienone is 2. The summed E-state index contributed by atoms with van der Waals surface area (Å²) < 4.78 is 0. The maximum absolute atomic E-state index is 9.36. The average Bonchev–Trinajstić information content (AvgIpc) is 3.10. The minimum absolute atomic E-state index is 0.387. The van der Waals surface area contributed by atoms with E-state index in [4.69, 9.17) is 0 Å². The van der Waals surface area contributed by atoms with Crippen molar-refractivity contribution in [3.8, 4) is 0 Å². The van der Waals surface area contributed by atoms with Gasteiger partial charge in [-0.05, 0) is 68.7 Å². The van der Waals surface area contributed by atoms with Crippen LogP contribution in [-0.4, -0.2) is 24.3 Å². The van der Waals surface area contributed by atoms with Crippen molar-refractivity contribution < 1.29 is 5.11 Å². The van der Waals surface area contributed by atoms with Gasteiger partial charge in [-0.15, -0.1) is 0 Å². The summed E-state index contributed by atoms with van der Waals surface area (Å²) >= 11 is 0. The van der Waals surface area contributed by atoms with E-state index in [9.17, 15) is 5.11 Å². The van der Waals surface area contributed by atoms with Crippen molar-refractivity contribution in [2.45, 2.75) is 45.1 Å². The standard InChI is InChI=1S/C16H27NO/c1-11(16-8-12-5-6-13(16)7-12)17-9-14-3-2-4-15(14)10-18/h5-6,11-18H,2-4,7-10H2,1H3. The molecule has 0 radical (unpaired) electrons. The Morgan fingerprint density at radius 2 is 2.06 bits per heavy atom. The second-order valence-corrected chi connectivity index (χ2v) is 6.77. The predicted octanol–water partition coefficient (Wildman–Crippen LogP) is 2.59. The first-order valence-electron chi connectivity index (χ1n) is 7.80. The van der Waals surface area contributed by atoms with Gasteiger partial charge in [0.1, 0.15) is 0 Å². The van der Waals surface area contributed by atoms with E-state index < -0.39 is 0 Å². The van der Waals surface area contributed by atoms with Gasteiger partial charge in [0, 0.05) is 12.6 Å². The maximum atomic E-state index is 9.36. The quantitative estimate of drug-likeness (QED) is 0.734. The Labute approximate surface area is 111 Å². The fourth-order valence-electron chi connectivity index (χ4n) is 4.51. The van der Waals surface area contributed by atoms with Crippen molar-refractivity contribution in [3.63, 3.8) is 0 Å². The molecule has 6 atom stereocenters. The topological polar surface area (TPSA) is 32.3 Å². The van der Waals surface area contributed by atoms with Gasteiger partial charge in [0.2, 0.25) is 0 Å². The second-order valence-electron chi connectivity index (χ2n) is 6.77. The van der Waals surface area contributed by atoms with Crippen molar-refractivity contribution in [3.05, 3.63) is 12.2 Å². The number of rotatable bonds is 5. The van der Waals surface area contributed by atoms with E-state index in [0.29, 0.717) is 24.5 Å². The Kier molecular flexibility index (Phi) is 3.76. The van der Waals surface area contributed by atoms with E-state index >= 15 is 0 Å². The second kappa shape index (κ2) is 5.34. The van der Waals surface area contributed by atoms with Gasteiger partial charge in [0.05, 0.1) is 0 Å². The minimum atomic E-state index is 0.387. The van der Waals surface area contributed by atoms with Crippen LogP contribution in [0.5, 0.6) is 0 Å². The number of fused-ring (bicyclic) bond motifs is 2. The number of aliphatic hydroxyl groups is 1. The third-order valence-corrected chi connectivity index (χ3v) is 5.73. The molecule has 2 heteroatoms. The Morgan fingerprint density at radius 3 is 2.72 bits per heavy atom. The summed E-state index contributed by atoms with van der Waals surface area (Å²) in [5.41, 5.74) is 0. The molecule has 6 unspecified atom stereocenters. The van der Waals surface area contributed by atoms with Crippen LogP contribution in [0.25, 0.3) is 0 Å². The summed E-state index contributed by atoms with van der Waals surface area (Å²) in [5, 5.41) is 13.1. The molecule has 0 aromatic carbocycles. The van der Waals surface area contributed by atoms with Gasteiger partial charge in [0.15, 0.2) is 0 Å². The summed E-state index contributed by atoms with van der Waals surface area (Å²) in [6.07, 6.45) is 11.5. The molecular weight excluding hydrogens is 222 g/mol. The van der Waals surface area contributed by atoms with E-state index in [0.717, 1.165) is 24.3 Å². The molecule has 0 aliphatic heterocycles. The summed E-state index contributed by atoms with van der Waals surface area (Å²) in [6, 6.07) is 0.643. The lowest BCUT2D eigenvalue weighted by atomic mass is 9.87. The molecule has 0 spiro atoms. The zero-order valence-corrected chi connectivity index (χ0v) is 11.5. The molecule has 2 saturated carbocycles. The summed E-state index contributed by atoms with van der Waals surface area (Å²) in [4.78, 5) is 0. The van der Waals surface area contributed by atoms with Gasteiger partial charge in [-0.2, -0.15) is 0 Å². The van der Waals surface area contributed by atoms with Crippen molar-refractivity contribution in [2.75, 3.05) is 13.2 Å². The third-order valence-electron chi connectivity index (χ3n) is 5.73. The first-order chi connectivity index (χ1) is 8.78. The lowest BCUT2D eigenvalue weighted by Crippen LogP contribution is -2.39. The normalized spacial score (nSPS) is 43.8. The Balaban J connectivity index is 1.47. The van der Waals surface area contributed by atoms with E-state index in [1.807, 2.05) is 0 Å². The van der Waals surface area contributed by atoms with Crippen LogP contribution in [0.1, 0.15) is 39.0 Å². The van der Waals surface area contributed by atoms with Gasteiger partial charge in [-0.1, -0.05) is 18.6 Å². The van der Waals surface area contributed by atoms with Crippen molar-refractivity contribution in [1.82, 2.24) is 5.32 Å². The predicted molar refractivity (Wildman–Crippen MR) is 74.2 cm³/mol. The van der Waals surface area contributed by atoms with Crippen LogP contribution in [0.4, 0.5) is 0 Å². The smallest absolute Gasteiger partial charge is 0.0462 e. The Bertz CT molecular complexity index is 314. The highest BCUT2D eigenvalue weighted by molar-refractivity contribution is 5.11. The van der Waals surface area contributed by atoms with Crippen molar-refractivity contribution >= 4 is 0 Å². The molecule has 102 valence electrons. The highest BCUT2D eigenvalue weighted by atomic mass is 16.3. The molecule has 0 aromatic rings. The largest absolute Gasteiger partial charge is 0.396 e. The van der Waals surface area contributed by atoms with E-state index in [1.54, 1.807) is 0 Å². The van der Waals surface area contributed by atoms with Gasteiger partial charge in [0.25, 0.3) is 0 Å². The molecule has 0 aromatic heterocycles. The molecule has 2 bridgehead atoms. The zero-order chi connectivity index (χ0) is 12.5. The Morgan fingerprint density at radius 1 is 1.22 bits per heavy atom. The van der Waals surface area contributed by atoms with Crippen LogP contribution in [0.3, 0.4) is 0 Å². The highest BCUT2D eigenvalue weighted by Crippen LogP contribution is 2.45. The molecule has 3 aliphatic carbocycles. The van der Waals surface area contributed by atoms with Gasteiger partial charge < -0.3 is 10.4 Å². The fraction of sp³-hybridized carbons (Fsp3) is 0.875. The first kappa shape index (κ1) is 12.7. The lowest BCUT2D eigenvalue weighted by Gasteiger charge is -2.28. The fourth-order valence-corrected chi connectivity index (χ4v) is 4.51. The molecule has 3 aliphatic rings. The van der Waals surface area contributed by atoms with E-state index in [-0.39, 0.29) is 0 Å². The van der Waals surface area contributed by atoms with Crippen LogP contribution >= 0.6 is 0 Å².